The molecule has 1 aromatic heterocycles. The lowest BCUT2D eigenvalue weighted by Crippen LogP contribution is -2.63. The van der Waals surface area contributed by atoms with E-state index in [0.717, 1.165) is 10.7 Å². The Balaban J connectivity index is 1.56. The van der Waals surface area contributed by atoms with Gasteiger partial charge in [-0.05, 0) is 19.8 Å². The third-order valence-corrected chi connectivity index (χ3v) is 8.98. The first kappa shape index (κ1) is 28.0. The number of β-lactam (4-membered cyclic amide) rings is 1. The molecule has 0 radical (unpaired) electrons. The van der Waals surface area contributed by atoms with Crippen LogP contribution >= 0.6 is 11.8 Å². The van der Waals surface area contributed by atoms with Gasteiger partial charge >= 0.3 is 12.1 Å². The molecule has 0 saturated carbocycles. The molecule has 1 N–H and O–H groups in total. The number of ether oxygens (including phenoxy) is 2. The molecule has 0 aromatic carbocycles. The van der Waals surface area contributed by atoms with Gasteiger partial charge in [-0.2, -0.15) is 0 Å². The van der Waals surface area contributed by atoms with Crippen molar-refractivity contribution in [2.45, 2.75) is 56.5 Å². The van der Waals surface area contributed by atoms with E-state index in [1.165, 1.54) is 28.8 Å². The first-order valence-corrected chi connectivity index (χ1v) is 13.8. The molecule has 38 heavy (non-hydrogen) atoms. The van der Waals surface area contributed by atoms with Crippen LogP contribution < -0.4 is 0 Å². The van der Waals surface area contributed by atoms with Gasteiger partial charge in [0.25, 0.3) is 0 Å². The van der Waals surface area contributed by atoms with Gasteiger partial charge in [0.2, 0.25) is 5.91 Å². The maximum atomic E-state index is 13.1. The van der Waals surface area contributed by atoms with Crippen LogP contribution in [0.2, 0.25) is 0 Å². The second-order valence-corrected chi connectivity index (χ2v) is 11.3. The zero-order chi connectivity index (χ0) is 27.6. The van der Waals surface area contributed by atoms with Crippen molar-refractivity contribution in [2.75, 3.05) is 19.8 Å². The summed E-state index contributed by atoms with van der Waals surface area (Å²) < 4.78 is 12.7. The van der Waals surface area contributed by atoms with Crippen molar-refractivity contribution in [3.8, 4) is 0 Å². The smallest absolute Gasteiger partial charge is 0.410 e. The fraction of sp³-hybridized carbons (Fsp3) is 0.556. The average molecular weight is 545 g/mol. The average Bonchev–Trinajstić information content (AvgIpc) is 3.55. The summed E-state index contributed by atoms with van der Waals surface area (Å²) in [5.41, 5.74) is 0.244. The van der Waals surface area contributed by atoms with E-state index in [4.69, 9.17) is 9.47 Å². The van der Waals surface area contributed by atoms with Crippen molar-refractivity contribution in [3.63, 3.8) is 0 Å². The van der Waals surface area contributed by atoms with Crippen LogP contribution in [-0.2, 0) is 32.5 Å². The molecular formula is C27H36N4O6S. The van der Waals surface area contributed by atoms with Crippen LogP contribution in [-0.4, -0.2) is 85.6 Å². The van der Waals surface area contributed by atoms with Crippen molar-refractivity contribution in [3.05, 3.63) is 54.1 Å². The molecule has 6 atom stereocenters. The SMILES string of the molecule is C=CCOC(=O)C1=C(S[C@H]2C[C@@H](CCc3nccn3C)N(C(=O)OCC=C)C2)[C@H](C)[C@@H]2[C@@H]([C@@H](C)O)C(=O)N12. The summed E-state index contributed by atoms with van der Waals surface area (Å²) in [4.78, 5) is 47.3. The number of amides is 2. The Morgan fingerprint density at radius 2 is 2.00 bits per heavy atom. The fourth-order valence-electron chi connectivity index (χ4n) is 5.65. The number of carbonyl (C=O) groups is 3. The van der Waals surface area contributed by atoms with Crippen LogP contribution in [0.15, 0.2) is 48.3 Å². The molecule has 0 aliphatic carbocycles. The Morgan fingerprint density at radius 3 is 2.63 bits per heavy atom. The van der Waals surface area contributed by atoms with E-state index in [1.807, 2.05) is 24.7 Å². The summed E-state index contributed by atoms with van der Waals surface area (Å²) in [5.74, 6) is -0.633. The third kappa shape index (κ3) is 5.26. The van der Waals surface area contributed by atoms with E-state index in [1.54, 1.807) is 18.0 Å². The number of carbonyl (C=O) groups excluding carboxylic acids is 3. The van der Waals surface area contributed by atoms with Crippen LogP contribution in [0.3, 0.4) is 0 Å². The summed E-state index contributed by atoms with van der Waals surface area (Å²) in [6, 6.07) is -0.371. The molecule has 10 nitrogen and oxygen atoms in total. The first-order valence-electron chi connectivity index (χ1n) is 12.9. The number of aliphatic hydroxyl groups is 1. The van der Waals surface area contributed by atoms with E-state index in [9.17, 15) is 19.5 Å². The highest BCUT2D eigenvalue weighted by Gasteiger charge is 2.60. The summed E-state index contributed by atoms with van der Waals surface area (Å²) in [6.07, 6.45) is 7.56. The summed E-state index contributed by atoms with van der Waals surface area (Å²) >= 11 is 1.52. The lowest BCUT2D eigenvalue weighted by Gasteiger charge is -2.46. The highest BCUT2D eigenvalue weighted by molar-refractivity contribution is 8.03. The lowest BCUT2D eigenvalue weighted by atomic mass is 9.79. The fourth-order valence-corrected chi connectivity index (χ4v) is 7.21. The lowest BCUT2D eigenvalue weighted by molar-refractivity contribution is -0.164. The number of aliphatic hydroxyl groups excluding tert-OH is 1. The van der Waals surface area contributed by atoms with Crippen LogP contribution in [0, 0.1) is 11.8 Å². The Kier molecular flexibility index (Phi) is 8.67. The number of nitrogens with zero attached hydrogens (tertiary/aromatic N) is 4. The number of fused-ring (bicyclic) bond motifs is 1. The van der Waals surface area contributed by atoms with Crippen LogP contribution in [0.1, 0.15) is 32.5 Å². The van der Waals surface area contributed by atoms with Crippen molar-refractivity contribution in [1.29, 1.82) is 0 Å². The third-order valence-electron chi connectivity index (χ3n) is 7.49. The largest absolute Gasteiger partial charge is 0.457 e. The number of aryl methyl sites for hydroxylation is 2. The maximum absolute atomic E-state index is 13.1. The molecule has 2 fully saturated rings. The Labute approximate surface area is 227 Å². The predicted molar refractivity (Wildman–Crippen MR) is 143 cm³/mol. The number of hydrogen-bond acceptors (Lipinski definition) is 8. The van der Waals surface area contributed by atoms with Gasteiger partial charge < -0.3 is 28.9 Å². The molecule has 206 valence electrons. The highest BCUT2D eigenvalue weighted by Crippen LogP contribution is 2.52. The molecule has 0 unspecified atom stereocenters. The van der Waals surface area contributed by atoms with Crippen LogP contribution in [0.25, 0.3) is 0 Å². The van der Waals surface area contributed by atoms with E-state index in [2.05, 4.69) is 18.1 Å². The van der Waals surface area contributed by atoms with Crippen molar-refractivity contribution < 1.29 is 29.0 Å². The van der Waals surface area contributed by atoms with Gasteiger partial charge in [0.15, 0.2) is 0 Å². The van der Waals surface area contributed by atoms with Gasteiger partial charge in [-0.1, -0.05) is 32.2 Å². The summed E-state index contributed by atoms with van der Waals surface area (Å²) in [6.45, 7) is 11.4. The van der Waals surface area contributed by atoms with Gasteiger partial charge in [0.05, 0.1) is 18.1 Å². The van der Waals surface area contributed by atoms with E-state index in [0.29, 0.717) is 25.8 Å². The molecule has 0 bridgehead atoms. The van der Waals surface area contributed by atoms with Crippen molar-refractivity contribution >= 4 is 29.7 Å². The molecule has 4 heterocycles. The van der Waals surface area contributed by atoms with Gasteiger partial charge in [0, 0.05) is 54.5 Å². The van der Waals surface area contributed by atoms with Crippen molar-refractivity contribution in [2.24, 2.45) is 18.9 Å². The molecule has 4 rings (SSSR count). The topological polar surface area (TPSA) is 114 Å². The number of imidazole rings is 1. The second-order valence-electron chi connectivity index (χ2n) is 9.99. The molecule has 0 spiro atoms. The van der Waals surface area contributed by atoms with E-state index < -0.39 is 24.1 Å². The van der Waals surface area contributed by atoms with Gasteiger partial charge in [0.1, 0.15) is 24.7 Å². The number of aromatic nitrogens is 2. The standard InChI is InChI=1S/C27H36N4O6S/c1-6-12-36-26(34)23-24(16(3)22-21(17(4)32)25(33)31(22)23)38-19-14-18(8-9-20-28-10-11-29(20)5)30(15-19)27(35)37-13-7-2/h6-7,10-11,16-19,21-22,32H,1-2,8-9,12-15H2,3-5H3/t16-,17-,18-,19+,21-,22-/m1/s1. The quantitative estimate of drug-likeness (QED) is 0.257. The maximum Gasteiger partial charge on any atom is 0.410 e. The minimum absolute atomic E-state index is 0.0175. The predicted octanol–water partition coefficient (Wildman–Crippen LogP) is 2.65. The molecular weight excluding hydrogens is 508 g/mol. The Hall–Kier alpha value is -3.05. The Morgan fingerprint density at radius 1 is 1.29 bits per heavy atom. The number of thioether (sulfide) groups is 1. The first-order chi connectivity index (χ1) is 18.2. The van der Waals surface area contributed by atoms with Gasteiger partial charge in [-0.15, -0.1) is 11.8 Å². The highest BCUT2D eigenvalue weighted by atomic mass is 32.2. The zero-order valence-corrected chi connectivity index (χ0v) is 22.9. The van der Waals surface area contributed by atoms with Crippen LogP contribution in [0.5, 0.6) is 0 Å². The number of rotatable bonds is 11. The minimum atomic E-state index is -0.821. The molecule has 1 aromatic rings. The monoisotopic (exact) mass is 544 g/mol. The van der Waals surface area contributed by atoms with E-state index in [-0.39, 0.29) is 48.1 Å². The molecule has 2 amide bonds. The summed E-state index contributed by atoms with van der Waals surface area (Å²) in [7, 11) is 1.94. The number of likely N-dealkylation sites (tertiary alicyclic amines) is 1. The van der Waals surface area contributed by atoms with Crippen molar-refractivity contribution in [1.82, 2.24) is 19.4 Å². The number of esters is 1. The Bertz CT molecular complexity index is 1130. The zero-order valence-electron chi connectivity index (χ0n) is 22.1. The molecule has 3 aliphatic heterocycles. The van der Waals surface area contributed by atoms with Crippen LogP contribution in [0.4, 0.5) is 4.79 Å². The molecule has 2 saturated heterocycles. The van der Waals surface area contributed by atoms with Gasteiger partial charge in [-0.25, -0.2) is 14.6 Å². The summed E-state index contributed by atoms with van der Waals surface area (Å²) in [5, 5.41) is 10.2. The second kappa shape index (κ2) is 11.8. The normalized spacial score (nSPS) is 27.2. The molecule has 3 aliphatic rings. The molecule has 11 heteroatoms. The minimum Gasteiger partial charge on any atom is -0.457 e. The number of hydrogen-bond donors (Lipinski definition) is 1. The van der Waals surface area contributed by atoms with Gasteiger partial charge in [-0.3, -0.25) is 4.79 Å². The van der Waals surface area contributed by atoms with E-state index >= 15 is 0 Å².